The molecule has 0 saturated carbocycles. The van der Waals surface area contributed by atoms with Crippen molar-refractivity contribution in [1.82, 2.24) is 0 Å². The number of nitrogens with one attached hydrogen (secondary N) is 1. The van der Waals surface area contributed by atoms with E-state index in [1.807, 2.05) is 0 Å². The molecular formula is C9H8N2O4. The lowest BCUT2D eigenvalue weighted by molar-refractivity contribution is -0.385. The summed E-state index contributed by atoms with van der Waals surface area (Å²) in [5.74, 6) is -0.899. The first kappa shape index (κ1) is 10.8. The van der Waals surface area contributed by atoms with Gasteiger partial charge < -0.3 is 4.74 Å². The number of ether oxygens (including phenoxy) is 1. The van der Waals surface area contributed by atoms with Gasteiger partial charge in [0.15, 0.2) is 5.71 Å². The molecule has 0 atom stereocenters. The van der Waals surface area contributed by atoms with Crippen LogP contribution in [0.1, 0.15) is 5.56 Å². The van der Waals surface area contributed by atoms with Crippen molar-refractivity contribution >= 4 is 17.4 Å². The molecule has 1 aromatic carbocycles. The Morgan fingerprint density at radius 1 is 1.47 bits per heavy atom. The molecule has 0 spiro atoms. The largest absolute Gasteiger partial charge is 0.464 e. The van der Waals surface area contributed by atoms with E-state index in [1.165, 1.54) is 24.3 Å². The van der Waals surface area contributed by atoms with E-state index in [0.29, 0.717) is 0 Å². The standard InChI is InChI=1S/C9H8N2O4/c1-15-9(12)8(10)6-4-2-3-5-7(6)11(13)14/h2-5,10H,1H3. The van der Waals surface area contributed by atoms with Crippen LogP contribution in [0.15, 0.2) is 24.3 Å². The molecule has 0 radical (unpaired) electrons. The van der Waals surface area contributed by atoms with Crippen LogP contribution in [0.4, 0.5) is 5.69 Å². The van der Waals surface area contributed by atoms with Gasteiger partial charge in [0.05, 0.1) is 17.6 Å². The zero-order valence-corrected chi connectivity index (χ0v) is 7.89. The average molecular weight is 208 g/mol. The van der Waals surface area contributed by atoms with Gasteiger partial charge in [0, 0.05) is 6.07 Å². The Labute approximate surface area is 85.1 Å². The van der Waals surface area contributed by atoms with Crippen LogP contribution in [0, 0.1) is 15.5 Å². The van der Waals surface area contributed by atoms with E-state index in [0.717, 1.165) is 7.11 Å². The number of para-hydroxylation sites is 1. The number of benzene rings is 1. The van der Waals surface area contributed by atoms with Gasteiger partial charge >= 0.3 is 5.97 Å². The molecule has 15 heavy (non-hydrogen) atoms. The van der Waals surface area contributed by atoms with E-state index in [9.17, 15) is 14.9 Å². The van der Waals surface area contributed by atoms with Crippen LogP contribution in [0.3, 0.4) is 0 Å². The van der Waals surface area contributed by atoms with E-state index in [-0.39, 0.29) is 11.3 Å². The summed E-state index contributed by atoms with van der Waals surface area (Å²) in [7, 11) is 1.12. The predicted molar refractivity (Wildman–Crippen MR) is 51.9 cm³/mol. The van der Waals surface area contributed by atoms with Crippen molar-refractivity contribution in [2.45, 2.75) is 0 Å². The highest BCUT2D eigenvalue weighted by Gasteiger charge is 2.21. The summed E-state index contributed by atoms with van der Waals surface area (Å²) in [6.45, 7) is 0. The highest BCUT2D eigenvalue weighted by molar-refractivity contribution is 6.42. The van der Waals surface area contributed by atoms with Crippen LogP contribution in [-0.4, -0.2) is 23.7 Å². The second-order valence-corrected chi connectivity index (χ2v) is 2.64. The summed E-state index contributed by atoms with van der Waals surface area (Å²) < 4.78 is 4.32. The molecular weight excluding hydrogens is 200 g/mol. The zero-order chi connectivity index (χ0) is 11.4. The summed E-state index contributed by atoms with van der Waals surface area (Å²) in [4.78, 5) is 21.0. The van der Waals surface area contributed by atoms with Gasteiger partial charge in [-0.2, -0.15) is 0 Å². The lowest BCUT2D eigenvalue weighted by atomic mass is 10.1. The molecule has 0 bridgehead atoms. The minimum Gasteiger partial charge on any atom is -0.464 e. The first-order valence-electron chi connectivity index (χ1n) is 3.98. The summed E-state index contributed by atoms with van der Waals surface area (Å²) in [5.41, 5.74) is -0.855. The monoisotopic (exact) mass is 208 g/mol. The van der Waals surface area contributed by atoms with E-state index in [4.69, 9.17) is 5.41 Å². The van der Waals surface area contributed by atoms with Gasteiger partial charge in [0.2, 0.25) is 0 Å². The number of nitro benzene ring substituents is 1. The van der Waals surface area contributed by atoms with Gasteiger partial charge in [-0.15, -0.1) is 0 Å². The number of rotatable bonds is 3. The third-order valence-electron chi connectivity index (χ3n) is 1.76. The van der Waals surface area contributed by atoms with Crippen LogP contribution >= 0.6 is 0 Å². The molecule has 0 aromatic heterocycles. The molecule has 1 N–H and O–H groups in total. The molecule has 6 heteroatoms. The van der Waals surface area contributed by atoms with Crippen LogP contribution in [0.2, 0.25) is 0 Å². The second-order valence-electron chi connectivity index (χ2n) is 2.64. The number of carbonyl (C=O) groups excluding carboxylic acids is 1. The lowest BCUT2D eigenvalue weighted by Crippen LogP contribution is -2.17. The smallest absolute Gasteiger partial charge is 0.356 e. The number of methoxy groups -OCH3 is 1. The van der Waals surface area contributed by atoms with Gasteiger partial charge in [0.25, 0.3) is 5.69 Å². The van der Waals surface area contributed by atoms with Crippen molar-refractivity contribution in [2.24, 2.45) is 0 Å². The van der Waals surface area contributed by atoms with Gasteiger partial charge in [-0.05, 0) is 6.07 Å². The molecule has 78 valence electrons. The highest BCUT2D eigenvalue weighted by atomic mass is 16.6. The summed E-state index contributed by atoms with van der Waals surface area (Å²) in [6, 6.07) is 5.54. The number of hydrogen-bond donors (Lipinski definition) is 1. The van der Waals surface area contributed by atoms with E-state index in [1.54, 1.807) is 0 Å². The first-order valence-corrected chi connectivity index (χ1v) is 3.98. The van der Waals surface area contributed by atoms with E-state index < -0.39 is 16.6 Å². The minimum atomic E-state index is -0.899. The fraction of sp³-hybridized carbons (Fsp3) is 0.111. The molecule has 0 aliphatic carbocycles. The fourth-order valence-corrected chi connectivity index (χ4v) is 1.06. The molecule has 0 aliphatic heterocycles. The van der Waals surface area contributed by atoms with E-state index >= 15 is 0 Å². The fourth-order valence-electron chi connectivity index (χ4n) is 1.06. The molecule has 6 nitrogen and oxygen atoms in total. The number of nitrogens with zero attached hydrogens (tertiary/aromatic N) is 1. The Bertz CT molecular complexity index is 428. The maximum absolute atomic E-state index is 11.0. The van der Waals surface area contributed by atoms with Crippen LogP contribution in [0.5, 0.6) is 0 Å². The number of nitro groups is 1. The van der Waals surface area contributed by atoms with Crippen molar-refractivity contribution < 1.29 is 14.5 Å². The molecule has 0 fully saturated rings. The van der Waals surface area contributed by atoms with Crippen molar-refractivity contribution in [2.75, 3.05) is 7.11 Å². The number of esters is 1. The summed E-state index contributed by atoms with van der Waals surface area (Å²) >= 11 is 0. The highest BCUT2D eigenvalue weighted by Crippen LogP contribution is 2.18. The number of carbonyl (C=O) groups is 1. The molecule has 0 amide bonds. The Morgan fingerprint density at radius 3 is 2.60 bits per heavy atom. The normalized spacial score (nSPS) is 9.40. The van der Waals surface area contributed by atoms with Crippen molar-refractivity contribution in [3.8, 4) is 0 Å². The van der Waals surface area contributed by atoms with Crippen LogP contribution in [-0.2, 0) is 9.53 Å². The maximum atomic E-state index is 11.0. The SMILES string of the molecule is COC(=O)C(=N)c1ccccc1[N+](=O)[O-]. The van der Waals surface area contributed by atoms with Crippen molar-refractivity contribution in [3.63, 3.8) is 0 Å². The van der Waals surface area contributed by atoms with Crippen molar-refractivity contribution in [1.29, 1.82) is 5.41 Å². The molecule has 1 aromatic rings. The lowest BCUT2D eigenvalue weighted by Gasteiger charge is -2.02. The Balaban J connectivity index is 3.19. The van der Waals surface area contributed by atoms with Crippen LogP contribution < -0.4 is 0 Å². The van der Waals surface area contributed by atoms with Gasteiger partial charge in [-0.1, -0.05) is 12.1 Å². The summed E-state index contributed by atoms with van der Waals surface area (Å²) in [6.07, 6.45) is 0. The Hall–Kier alpha value is -2.24. The molecule has 0 aliphatic rings. The van der Waals surface area contributed by atoms with Crippen molar-refractivity contribution in [3.05, 3.63) is 39.9 Å². The van der Waals surface area contributed by atoms with Crippen LogP contribution in [0.25, 0.3) is 0 Å². The van der Waals surface area contributed by atoms with E-state index in [2.05, 4.69) is 4.74 Å². The third kappa shape index (κ3) is 2.16. The van der Waals surface area contributed by atoms with Gasteiger partial charge in [0.1, 0.15) is 0 Å². The molecule has 1 rings (SSSR count). The molecule has 0 saturated heterocycles. The van der Waals surface area contributed by atoms with Gasteiger partial charge in [-0.25, -0.2) is 4.79 Å². The topological polar surface area (TPSA) is 93.3 Å². The quantitative estimate of drug-likeness (QED) is 0.348. The maximum Gasteiger partial charge on any atom is 0.356 e. The number of hydrogen-bond acceptors (Lipinski definition) is 5. The zero-order valence-electron chi connectivity index (χ0n) is 7.89. The second kappa shape index (κ2) is 4.32. The Morgan fingerprint density at radius 2 is 2.07 bits per heavy atom. The van der Waals surface area contributed by atoms with Gasteiger partial charge in [-0.3, -0.25) is 15.5 Å². The first-order chi connectivity index (χ1) is 7.07. The minimum absolute atomic E-state index is 0.0469. The molecule has 0 heterocycles. The Kier molecular flexibility index (Phi) is 3.12. The average Bonchev–Trinajstić information content (AvgIpc) is 2.27. The summed E-state index contributed by atoms with van der Waals surface area (Å²) in [5, 5.41) is 18.0. The predicted octanol–water partition coefficient (Wildman–Crippen LogP) is 1.14. The molecule has 0 unspecified atom stereocenters. The third-order valence-corrected chi connectivity index (χ3v) is 1.76.